The second-order valence-electron chi connectivity index (χ2n) is 5.98. The highest BCUT2D eigenvalue weighted by molar-refractivity contribution is 7.19. The molecule has 2 N–H and O–H groups in total. The summed E-state index contributed by atoms with van der Waals surface area (Å²) in [4.78, 5) is 11.0. The molecule has 4 aromatic rings. The van der Waals surface area contributed by atoms with Gasteiger partial charge in [0.05, 0.1) is 11.1 Å². The molecular formula is C20H16FN3OS. The predicted molar refractivity (Wildman–Crippen MR) is 104 cm³/mol. The van der Waals surface area contributed by atoms with Crippen LogP contribution in [0.3, 0.4) is 0 Å². The van der Waals surface area contributed by atoms with Crippen LogP contribution < -0.4 is 5.32 Å². The molecule has 0 saturated carbocycles. The molecule has 0 saturated heterocycles. The summed E-state index contributed by atoms with van der Waals surface area (Å²) >= 11 is 1.57. The largest absolute Gasteiger partial charge is 0.506 e. The molecule has 4 rings (SSSR count). The van der Waals surface area contributed by atoms with Crippen LogP contribution in [0, 0.1) is 19.7 Å². The van der Waals surface area contributed by atoms with Crippen molar-refractivity contribution in [2.24, 2.45) is 0 Å². The number of phenols is 1. The number of fused-ring (bicyclic) bond motifs is 1. The summed E-state index contributed by atoms with van der Waals surface area (Å²) in [6.45, 7) is 3.85. The topological polar surface area (TPSA) is 58.0 Å². The predicted octanol–water partition coefficient (Wildman–Crippen LogP) is 5.56. The van der Waals surface area contributed by atoms with Gasteiger partial charge in [-0.1, -0.05) is 24.3 Å². The van der Waals surface area contributed by atoms with Crippen molar-refractivity contribution in [2.75, 3.05) is 5.32 Å². The fraction of sp³-hybridized carbons (Fsp3) is 0.100. The monoisotopic (exact) mass is 365 g/mol. The molecule has 0 fully saturated rings. The molecule has 2 heterocycles. The maximum Gasteiger partial charge on any atom is 0.143 e. The van der Waals surface area contributed by atoms with Crippen LogP contribution in [0.2, 0.25) is 0 Å². The third kappa shape index (κ3) is 2.88. The molecule has 26 heavy (non-hydrogen) atoms. The van der Waals surface area contributed by atoms with Crippen LogP contribution in [0.15, 0.2) is 48.5 Å². The van der Waals surface area contributed by atoms with Crippen molar-refractivity contribution >= 4 is 33.1 Å². The maximum absolute atomic E-state index is 13.3. The Morgan fingerprint density at radius 3 is 2.46 bits per heavy atom. The quantitative estimate of drug-likeness (QED) is 0.467. The van der Waals surface area contributed by atoms with Crippen LogP contribution in [0.4, 0.5) is 15.9 Å². The van der Waals surface area contributed by atoms with E-state index in [-0.39, 0.29) is 11.6 Å². The summed E-state index contributed by atoms with van der Waals surface area (Å²) in [7, 11) is 0. The average Bonchev–Trinajstić information content (AvgIpc) is 2.93. The van der Waals surface area contributed by atoms with E-state index in [0.29, 0.717) is 17.3 Å². The molecule has 0 bridgehead atoms. The number of rotatable bonds is 3. The molecular weight excluding hydrogens is 349 g/mol. The van der Waals surface area contributed by atoms with Gasteiger partial charge in [-0.2, -0.15) is 0 Å². The van der Waals surface area contributed by atoms with E-state index < -0.39 is 0 Å². The number of aromatic nitrogens is 2. The molecule has 6 heteroatoms. The van der Waals surface area contributed by atoms with Crippen LogP contribution in [-0.4, -0.2) is 15.1 Å². The highest BCUT2D eigenvalue weighted by Crippen LogP contribution is 2.42. The number of aromatic hydroxyl groups is 1. The third-order valence-electron chi connectivity index (χ3n) is 4.13. The van der Waals surface area contributed by atoms with Crippen molar-refractivity contribution < 1.29 is 9.50 Å². The van der Waals surface area contributed by atoms with Crippen LogP contribution in [0.5, 0.6) is 5.75 Å². The molecule has 130 valence electrons. The number of aryl methyl sites for hydroxylation is 2. The lowest BCUT2D eigenvalue weighted by Gasteiger charge is -2.11. The van der Waals surface area contributed by atoms with Gasteiger partial charge in [0.25, 0.3) is 0 Å². The summed E-state index contributed by atoms with van der Waals surface area (Å²) < 4.78 is 13.3. The Bertz CT molecular complexity index is 1110. The third-order valence-corrected chi connectivity index (χ3v) is 5.13. The zero-order chi connectivity index (χ0) is 18.3. The standard InChI is InChI=1S/C20H16FN3OS/c1-11-17(13-7-9-14(21)10-8-13)18-19(22-12(2)23-20(18)26-11)24-15-5-3-4-6-16(15)25/h3-10,25H,1-2H3,(H,22,23,24). The first-order valence-electron chi connectivity index (χ1n) is 8.11. The fourth-order valence-electron chi connectivity index (χ4n) is 2.98. The number of anilines is 2. The summed E-state index contributed by atoms with van der Waals surface area (Å²) in [5, 5.41) is 14.2. The number of phenolic OH excluding ortho intramolecular Hbond substituents is 1. The van der Waals surface area contributed by atoms with Crippen molar-refractivity contribution in [1.29, 1.82) is 0 Å². The van der Waals surface area contributed by atoms with E-state index in [4.69, 9.17) is 0 Å². The number of benzene rings is 2. The zero-order valence-electron chi connectivity index (χ0n) is 14.2. The van der Waals surface area contributed by atoms with E-state index >= 15 is 0 Å². The second-order valence-corrected chi connectivity index (χ2v) is 7.19. The summed E-state index contributed by atoms with van der Waals surface area (Å²) in [5.41, 5.74) is 2.45. The smallest absolute Gasteiger partial charge is 0.143 e. The number of nitrogens with one attached hydrogen (secondary N) is 1. The van der Waals surface area contributed by atoms with Gasteiger partial charge < -0.3 is 10.4 Å². The minimum Gasteiger partial charge on any atom is -0.506 e. The first-order valence-corrected chi connectivity index (χ1v) is 8.93. The Kier molecular flexibility index (Phi) is 4.05. The minimum atomic E-state index is -0.273. The molecule has 0 aliphatic heterocycles. The molecule has 0 spiro atoms. The number of thiophene rings is 1. The molecule has 0 aliphatic carbocycles. The lowest BCUT2D eigenvalue weighted by molar-refractivity contribution is 0.477. The Morgan fingerprint density at radius 2 is 1.73 bits per heavy atom. The average molecular weight is 365 g/mol. The highest BCUT2D eigenvalue weighted by Gasteiger charge is 2.18. The van der Waals surface area contributed by atoms with Gasteiger partial charge in [-0.25, -0.2) is 14.4 Å². The van der Waals surface area contributed by atoms with E-state index in [0.717, 1.165) is 26.2 Å². The van der Waals surface area contributed by atoms with Gasteiger partial charge in [0.15, 0.2) is 0 Å². The highest BCUT2D eigenvalue weighted by atomic mass is 32.1. The van der Waals surface area contributed by atoms with Crippen molar-refractivity contribution in [2.45, 2.75) is 13.8 Å². The Balaban J connectivity index is 1.95. The molecule has 0 aliphatic rings. The maximum atomic E-state index is 13.3. The summed E-state index contributed by atoms with van der Waals surface area (Å²) in [5.74, 6) is 1.14. The van der Waals surface area contributed by atoms with Crippen molar-refractivity contribution in [3.05, 3.63) is 65.0 Å². The molecule has 4 nitrogen and oxygen atoms in total. The Labute approximate surface area is 154 Å². The fourth-order valence-corrected chi connectivity index (χ4v) is 4.07. The molecule has 2 aromatic heterocycles. The zero-order valence-corrected chi connectivity index (χ0v) is 15.1. The number of hydrogen-bond acceptors (Lipinski definition) is 5. The number of halogens is 1. The van der Waals surface area contributed by atoms with Gasteiger partial charge >= 0.3 is 0 Å². The van der Waals surface area contributed by atoms with E-state index in [1.54, 1.807) is 41.7 Å². The molecule has 0 unspecified atom stereocenters. The summed E-state index contributed by atoms with van der Waals surface area (Å²) in [6, 6.07) is 13.4. The first-order chi connectivity index (χ1) is 12.5. The molecule has 2 aromatic carbocycles. The van der Waals surface area contributed by atoms with E-state index in [9.17, 15) is 9.50 Å². The van der Waals surface area contributed by atoms with Crippen molar-refractivity contribution in [3.63, 3.8) is 0 Å². The van der Waals surface area contributed by atoms with Gasteiger partial charge in [-0.05, 0) is 43.7 Å². The van der Waals surface area contributed by atoms with E-state index in [1.807, 2.05) is 19.9 Å². The molecule has 0 amide bonds. The van der Waals surface area contributed by atoms with Gasteiger partial charge in [0.1, 0.15) is 28.0 Å². The van der Waals surface area contributed by atoms with Crippen LogP contribution in [0.1, 0.15) is 10.7 Å². The van der Waals surface area contributed by atoms with Gasteiger partial charge in [-0.15, -0.1) is 11.3 Å². The normalized spacial score (nSPS) is 11.0. The minimum absolute atomic E-state index is 0.146. The summed E-state index contributed by atoms with van der Waals surface area (Å²) in [6.07, 6.45) is 0. The Morgan fingerprint density at radius 1 is 1.00 bits per heavy atom. The number of nitrogens with zero attached hydrogens (tertiary/aromatic N) is 2. The van der Waals surface area contributed by atoms with Crippen LogP contribution >= 0.6 is 11.3 Å². The van der Waals surface area contributed by atoms with Crippen molar-refractivity contribution in [3.8, 4) is 16.9 Å². The Hall–Kier alpha value is -2.99. The van der Waals surface area contributed by atoms with E-state index in [1.165, 1.54) is 12.1 Å². The first kappa shape index (κ1) is 16.5. The number of hydrogen-bond donors (Lipinski definition) is 2. The lowest BCUT2D eigenvalue weighted by Crippen LogP contribution is -1.98. The van der Waals surface area contributed by atoms with Crippen molar-refractivity contribution in [1.82, 2.24) is 9.97 Å². The van der Waals surface area contributed by atoms with Gasteiger partial charge in [-0.3, -0.25) is 0 Å². The van der Waals surface area contributed by atoms with Gasteiger partial charge in [0, 0.05) is 10.4 Å². The second kappa shape index (κ2) is 6.38. The van der Waals surface area contributed by atoms with Gasteiger partial charge in [0.2, 0.25) is 0 Å². The molecule has 0 radical (unpaired) electrons. The van der Waals surface area contributed by atoms with Crippen LogP contribution in [-0.2, 0) is 0 Å². The lowest BCUT2D eigenvalue weighted by atomic mass is 10.0. The van der Waals surface area contributed by atoms with Crippen LogP contribution in [0.25, 0.3) is 21.3 Å². The molecule has 0 atom stereocenters. The number of para-hydroxylation sites is 2. The SMILES string of the molecule is Cc1nc(Nc2ccccc2O)c2c(-c3ccc(F)cc3)c(C)sc2n1. The van der Waals surface area contributed by atoms with E-state index in [2.05, 4.69) is 15.3 Å².